The van der Waals surface area contributed by atoms with Crippen LogP contribution in [0.4, 0.5) is 0 Å². The van der Waals surface area contributed by atoms with Crippen LogP contribution in [0.3, 0.4) is 0 Å². The zero-order chi connectivity index (χ0) is 11.1. The van der Waals surface area contributed by atoms with Crippen LogP contribution in [0, 0.1) is 5.92 Å². The Morgan fingerprint density at radius 2 is 2.27 bits per heavy atom. The van der Waals surface area contributed by atoms with Gasteiger partial charge in [-0.05, 0) is 30.9 Å². The van der Waals surface area contributed by atoms with Crippen LogP contribution >= 0.6 is 0 Å². The van der Waals surface area contributed by atoms with Crippen molar-refractivity contribution in [1.29, 1.82) is 0 Å². The van der Waals surface area contributed by atoms with Crippen LogP contribution in [0.15, 0.2) is 12.2 Å². The predicted molar refractivity (Wildman–Crippen MR) is 65.1 cm³/mol. The van der Waals surface area contributed by atoms with Gasteiger partial charge in [-0.15, -0.1) is 0 Å². The minimum Gasteiger partial charge on any atom is -0.374 e. The maximum atomic E-state index is 5.87. The molecule has 1 N–H and O–H groups in total. The van der Waals surface area contributed by atoms with Gasteiger partial charge in [-0.25, -0.2) is 0 Å². The Kier molecular flexibility index (Phi) is 5.96. The highest BCUT2D eigenvalue weighted by Gasteiger charge is 2.19. The van der Waals surface area contributed by atoms with Gasteiger partial charge in [0.15, 0.2) is 0 Å². The molecule has 1 rings (SSSR count). The number of ether oxygens (including phenoxy) is 1. The van der Waals surface area contributed by atoms with Gasteiger partial charge >= 0.3 is 0 Å². The fourth-order valence-corrected chi connectivity index (χ4v) is 2.12. The van der Waals surface area contributed by atoms with Crippen LogP contribution < -0.4 is 5.32 Å². The normalized spacial score (nSPS) is 26.5. The first-order valence-electron chi connectivity index (χ1n) is 6.21. The van der Waals surface area contributed by atoms with Gasteiger partial charge in [0.1, 0.15) is 0 Å². The third-order valence-corrected chi connectivity index (χ3v) is 3.04. The molecule has 2 heteroatoms. The first kappa shape index (κ1) is 12.7. The Hall–Kier alpha value is -0.340. The van der Waals surface area contributed by atoms with Crippen LogP contribution in [-0.2, 0) is 4.74 Å². The Morgan fingerprint density at radius 1 is 1.47 bits per heavy atom. The van der Waals surface area contributed by atoms with E-state index < -0.39 is 0 Å². The highest BCUT2D eigenvalue weighted by atomic mass is 16.5. The van der Waals surface area contributed by atoms with E-state index in [0.717, 1.165) is 31.2 Å². The van der Waals surface area contributed by atoms with E-state index in [2.05, 4.69) is 25.7 Å². The molecule has 1 saturated carbocycles. The van der Waals surface area contributed by atoms with Gasteiger partial charge in [0, 0.05) is 6.54 Å². The molecular weight excluding hydrogens is 186 g/mol. The average Bonchev–Trinajstić information content (AvgIpc) is 2.23. The Bertz CT molecular complexity index is 191. The summed E-state index contributed by atoms with van der Waals surface area (Å²) >= 11 is 0. The van der Waals surface area contributed by atoms with Crippen LogP contribution in [0.25, 0.3) is 0 Å². The van der Waals surface area contributed by atoms with Crippen LogP contribution in [0.1, 0.15) is 39.5 Å². The number of likely N-dealkylation sites (N-methyl/N-ethyl adjacent to an activating group) is 1. The molecule has 0 radical (unpaired) electrons. The van der Waals surface area contributed by atoms with Crippen molar-refractivity contribution in [1.82, 2.24) is 5.32 Å². The Morgan fingerprint density at radius 3 is 2.93 bits per heavy atom. The van der Waals surface area contributed by atoms with Crippen LogP contribution in [0.2, 0.25) is 0 Å². The van der Waals surface area contributed by atoms with E-state index in [4.69, 9.17) is 4.74 Å². The van der Waals surface area contributed by atoms with Crippen molar-refractivity contribution in [2.45, 2.75) is 45.6 Å². The zero-order valence-corrected chi connectivity index (χ0v) is 10.2. The van der Waals surface area contributed by atoms with Crippen molar-refractivity contribution in [3.63, 3.8) is 0 Å². The largest absolute Gasteiger partial charge is 0.374 e. The molecule has 0 aromatic heterocycles. The topological polar surface area (TPSA) is 21.3 Å². The van der Waals surface area contributed by atoms with Crippen molar-refractivity contribution in [2.75, 3.05) is 19.7 Å². The lowest BCUT2D eigenvalue weighted by molar-refractivity contribution is 0.0281. The minimum absolute atomic E-state index is 0.479. The summed E-state index contributed by atoms with van der Waals surface area (Å²) in [6.45, 7) is 11.1. The lowest BCUT2D eigenvalue weighted by Gasteiger charge is -2.27. The van der Waals surface area contributed by atoms with Crippen LogP contribution in [0.5, 0.6) is 0 Å². The van der Waals surface area contributed by atoms with Gasteiger partial charge in [-0.3, -0.25) is 0 Å². The maximum Gasteiger partial charge on any atom is 0.0690 e. The first-order chi connectivity index (χ1) is 7.22. The molecule has 0 amide bonds. The monoisotopic (exact) mass is 211 g/mol. The predicted octanol–water partition coefficient (Wildman–Crippen LogP) is 2.75. The second-order valence-corrected chi connectivity index (χ2v) is 4.74. The summed E-state index contributed by atoms with van der Waals surface area (Å²) < 4.78 is 5.87. The fourth-order valence-electron chi connectivity index (χ4n) is 2.12. The minimum atomic E-state index is 0.479. The molecule has 0 saturated heterocycles. The molecule has 1 fully saturated rings. The molecule has 2 atom stereocenters. The van der Waals surface area contributed by atoms with Crippen molar-refractivity contribution >= 4 is 0 Å². The third-order valence-electron chi connectivity index (χ3n) is 3.04. The Balaban J connectivity index is 2.10. The van der Waals surface area contributed by atoms with E-state index in [1.54, 1.807) is 0 Å². The molecule has 1 aliphatic carbocycles. The summed E-state index contributed by atoms with van der Waals surface area (Å²) in [4.78, 5) is 0. The van der Waals surface area contributed by atoms with Gasteiger partial charge in [0.2, 0.25) is 0 Å². The molecule has 15 heavy (non-hydrogen) atoms. The second-order valence-electron chi connectivity index (χ2n) is 4.74. The summed E-state index contributed by atoms with van der Waals surface area (Å²) in [5, 5.41) is 3.26. The summed E-state index contributed by atoms with van der Waals surface area (Å²) in [5.41, 5.74) is 1.16. The molecule has 2 unspecified atom stereocenters. The summed E-state index contributed by atoms with van der Waals surface area (Å²) in [6.07, 6.45) is 5.64. The molecule has 0 spiro atoms. The molecule has 0 aliphatic heterocycles. The molecule has 0 heterocycles. The van der Waals surface area contributed by atoms with Crippen molar-refractivity contribution < 1.29 is 4.74 Å². The quantitative estimate of drug-likeness (QED) is 0.682. The lowest BCUT2D eigenvalue weighted by atomic mass is 9.89. The Labute approximate surface area is 94.1 Å². The zero-order valence-electron chi connectivity index (χ0n) is 10.2. The van der Waals surface area contributed by atoms with Crippen molar-refractivity contribution in [3.05, 3.63) is 12.2 Å². The van der Waals surface area contributed by atoms with E-state index in [0.29, 0.717) is 6.10 Å². The summed E-state index contributed by atoms with van der Waals surface area (Å²) in [7, 11) is 0. The van der Waals surface area contributed by atoms with Gasteiger partial charge in [0.05, 0.1) is 12.7 Å². The SMILES string of the molecule is C=C(CNCC)COC1CCCC(C)C1. The van der Waals surface area contributed by atoms with E-state index >= 15 is 0 Å². The maximum absolute atomic E-state index is 5.87. The number of hydrogen-bond acceptors (Lipinski definition) is 2. The average molecular weight is 211 g/mol. The van der Waals surface area contributed by atoms with Gasteiger partial charge in [-0.2, -0.15) is 0 Å². The molecule has 0 aromatic rings. The smallest absolute Gasteiger partial charge is 0.0690 e. The van der Waals surface area contributed by atoms with Crippen molar-refractivity contribution in [2.24, 2.45) is 5.92 Å². The third kappa shape index (κ3) is 5.33. The number of rotatable bonds is 6. The van der Waals surface area contributed by atoms with Gasteiger partial charge in [-0.1, -0.05) is 33.3 Å². The molecular formula is C13H25NO. The van der Waals surface area contributed by atoms with Gasteiger partial charge in [0.25, 0.3) is 0 Å². The fraction of sp³-hybridized carbons (Fsp3) is 0.846. The van der Waals surface area contributed by atoms with E-state index in [1.807, 2.05) is 0 Å². The highest BCUT2D eigenvalue weighted by Crippen LogP contribution is 2.25. The standard InChI is InChI=1S/C13H25NO/c1-4-14-9-12(3)10-15-13-7-5-6-11(2)8-13/h11,13-14H,3-10H2,1-2H3. The number of hydrogen-bond donors (Lipinski definition) is 1. The molecule has 2 nitrogen and oxygen atoms in total. The van der Waals surface area contributed by atoms with Crippen LogP contribution in [-0.4, -0.2) is 25.8 Å². The summed E-state index contributed by atoms with van der Waals surface area (Å²) in [5.74, 6) is 0.839. The molecule has 1 aliphatic rings. The van der Waals surface area contributed by atoms with Crippen molar-refractivity contribution in [3.8, 4) is 0 Å². The van der Waals surface area contributed by atoms with Gasteiger partial charge < -0.3 is 10.1 Å². The first-order valence-corrected chi connectivity index (χ1v) is 6.21. The lowest BCUT2D eigenvalue weighted by Crippen LogP contribution is -2.24. The highest BCUT2D eigenvalue weighted by molar-refractivity contribution is 4.97. The molecule has 88 valence electrons. The van der Waals surface area contributed by atoms with E-state index in [-0.39, 0.29) is 0 Å². The van der Waals surface area contributed by atoms with E-state index in [9.17, 15) is 0 Å². The summed E-state index contributed by atoms with van der Waals surface area (Å²) in [6, 6.07) is 0. The van der Waals surface area contributed by atoms with E-state index in [1.165, 1.54) is 25.7 Å². The molecule has 0 aromatic carbocycles. The molecule has 0 bridgehead atoms. The second kappa shape index (κ2) is 7.02. The number of nitrogens with one attached hydrogen (secondary N) is 1.